The van der Waals surface area contributed by atoms with Crippen molar-refractivity contribution < 1.29 is 9.53 Å². The Morgan fingerprint density at radius 3 is 3.00 bits per heavy atom. The number of hydrogen-bond donors (Lipinski definition) is 0. The molecule has 1 saturated heterocycles. The smallest absolute Gasteiger partial charge is 0.348 e. The Morgan fingerprint density at radius 1 is 1.64 bits per heavy atom. The molecule has 1 aromatic rings. The van der Waals surface area contributed by atoms with Crippen LogP contribution in [0.2, 0.25) is 0 Å². The van der Waals surface area contributed by atoms with Gasteiger partial charge in [-0.1, -0.05) is 0 Å². The maximum atomic E-state index is 11.6. The SMILES string of the molecule is CCOC(=O)c1sccc1C1CSC1. The monoisotopic (exact) mass is 228 g/mol. The van der Waals surface area contributed by atoms with Crippen LogP contribution in [0.5, 0.6) is 0 Å². The van der Waals surface area contributed by atoms with Gasteiger partial charge in [-0.15, -0.1) is 11.3 Å². The van der Waals surface area contributed by atoms with Crippen molar-refractivity contribution in [3.63, 3.8) is 0 Å². The fourth-order valence-electron chi connectivity index (χ4n) is 1.42. The molecule has 2 rings (SSSR count). The summed E-state index contributed by atoms with van der Waals surface area (Å²) in [4.78, 5) is 12.4. The quantitative estimate of drug-likeness (QED) is 0.744. The Balaban J connectivity index is 2.16. The van der Waals surface area contributed by atoms with Crippen molar-refractivity contribution in [3.8, 4) is 0 Å². The molecule has 0 spiro atoms. The van der Waals surface area contributed by atoms with Crippen LogP contribution in [0.3, 0.4) is 0 Å². The summed E-state index contributed by atoms with van der Waals surface area (Å²) in [5, 5.41) is 1.98. The van der Waals surface area contributed by atoms with Crippen LogP contribution in [0.1, 0.15) is 28.1 Å². The van der Waals surface area contributed by atoms with E-state index in [0.717, 1.165) is 16.4 Å². The van der Waals surface area contributed by atoms with Crippen LogP contribution < -0.4 is 0 Å². The first-order chi connectivity index (χ1) is 6.83. The van der Waals surface area contributed by atoms with Crippen LogP contribution in [-0.4, -0.2) is 24.1 Å². The molecular weight excluding hydrogens is 216 g/mol. The second-order valence-corrected chi connectivity index (χ2v) is 5.15. The largest absolute Gasteiger partial charge is 0.462 e. The van der Waals surface area contributed by atoms with Gasteiger partial charge in [-0.05, 0) is 23.9 Å². The molecule has 1 aliphatic heterocycles. The third-order valence-corrected chi connectivity index (χ3v) is 4.42. The fraction of sp³-hybridized carbons (Fsp3) is 0.500. The van der Waals surface area contributed by atoms with Gasteiger partial charge < -0.3 is 4.74 Å². The molecule has 0 aromatic carbocycles. The average Bonchev–Trinajstić information content (AvgIpc) is 2.50. The molecule has 2 heterocycles. The summed E-state index contributed by atoms with van der Waals surface area (Å²) in [6, 6.07) is 2.06. The Hall–Kier alpha value is -0.480. The highest BCUT2D eigenvalue weighted by atomic mass is 32.2. The molecule has 1 aliphatic rings. The predicted octanol–water partition coefficient (Wildman–Crippen LogP) is 2.76. The minimum absolute atomic E-state index is 0.158. The lowest BCUT2D eigenvalue weighted by molar-refractivity contribution is 0.0530. The topological polar surface area (TPSA) is 26.3 Å². The standard InChI is InChI=1S/C10H12O2S2/c1-2-12-10(11)9-8(3-4-14-9)7-5-13-6-7/h3-4,7H,2,5-6H2,1H3. The van der Waals surface area contributed by atoms with Crippen molar-refractivity contribution in [2.75, 3.05) is 18.1 Å². The van der Waals surface area contributed by atoms with Crippen molar-refractivity contribution in [2.24, 2.45) is 0 Å². The summed E-state index contributed by atoms with van der Waals surface area (Å²) in [6.07, 6.45) is 0. The number of ether oxygens (including phenoxy) is 1. The molecule has 0 radical (unpaired) electrons. The molecule has 0 N–H and O–H groups in total. The summed E-state index contributed by atoms with van der Waals surface area (Å²) < 4.78 is 5.01. The molecule has 0 amide bonds. The lowest BCUT2D eigenvalue weighted by atomic mass is 10.0. The number of carbonyl (C=O) groups excluding carboxylic acids is 1. The first kappa shape index (κ1) is 10.1. The molecule has 0 unspecified atom stereocenters. The summed E-state index contributed by atoms with van der Waals surface area (Å²) >= 11 is 3.42. The molecular formula is C10H12O2S2. The Labute approximate surface area is 91.7 Å². The lowest BCUT2D eigenvalue weighted by Crippen LogP contribution is -2.18. The zero-order valence-electron chi connectivity index (χ0n) is 7.99. The molecule has 0 atom stereocenters. The van der Waals surface area contributed by atoms with Gasteiger partial charge in [0.05, 0.1) is 6.61 Å². The predicted molar refractivity (Wildman–Crippen MR) is 60.3 cm³/mol. The van der Waals surface area contributed by atoms with E-state index in [-0.39, 0.29) is 5.97 Å². The van der Waals surface area contributed by atoms with Crippen LogP contribution >= 0.6 is 23.1 Å². The normalized spacial score (nSPS) is 16.4. The minimum atomic E-state index is -0.158. The van der Waals surface area contributed by atoms with Crippen LogP contribution in [0.15, 0.2) is 11.4 Å². The van der Waals surface area contributed by atoms with Crippen LogP contribution in [0.4, 0.5) is 0 Å². The van der Waals surface area contributed by atoms with Gasteiger partial charge in [-0.2, -0.15) is 11.8 Å². The Bertz CT molecular complexity index is 329. The summed E-state index contributed by atoms with van der Waals surface area (Å²) in [7, 11) is 0. The van der Waals surface area contributed by atoms with Crippen molar-refractivity contribution >= 4 is 29.1 Å². The molecule has 2 nitrogen and oxygen atoms in total. The highest BCUT2D eigenvalue weighted by Gasteiger charge is 2.26. The van der Waals surface area contributed by atoms with Crippen molar-refractivity contribution in [2.45, 2.75) is 12.8 Å². The lowest BCUT2D eigenvalue weighted by Gasteiger charge is -2.24. The summed E-state index contributed by atoms with van der Waals surface area (Å²) in [5.74, 6) is 2.70. The van der Waals surface area contributed by atoms with Gasteiger partial charge in [-0.25, -0.2) is 4.79 Å². The van der Waals surface area contributed by atoms with E-state index >= 15 is 0 Å². The maximum Gasteiger partial charge on any atom is 0.348 e. The van der Waals surface area contributed by atoms with E-state index in [2.05, 4.69) is 6.07 Å². The first-order valence-corrected chi connectivity index (χ1v) is 6.68. The van der Waals surface area contributed by atoms with E-state index in [1.807, 2.05) is 24.1 Å². The average molecular weight is 228 g/mol. The second-order valence-electron chi connectivity index (χ2n) is 3.16. The number of thiophene rings is 1. The summed E-state index contributed by atoms with van der Waals surface area (Å²) in [6.45, 7) is 2.29. The zero-order valence-corrected chi connectivity index (χ0v) is 9.62. The van der Waals surface area contributed by atoms with E-state index in [9.17, 15) is 4.79 Å². The van der Waals surface area contributed by atoms with Gasteiger partial charge >= 0.3 is 5.97 Å². The molecule has 0 aliphatic carbocycles. The van der Waals surface area contributed by atoms with Gasteiger partial charge in [0, 0.05) is 17.4 Å². The highest BCUT2D eigenvalue weighted by Crippen LogP contribution is 2.37. The maximum absolute atomic E-state index is 11.6. The van der Waals surface area contributed by atoms with Gasteiger partial charge in [0.25, 0.3) is 0 Å². The van der Waals surface area contributed by atoms with Gasteiger partial charge in [0.15, 0.2) is 0 Å². The van der Waals surface area contributed by atoms with Crippen LogP contribution in [-0.2, 0) is 4.74 Å². The highest BCUT2D eigenvalue weighted by molar-refractivity contribution is 8.00. The van der Waals surface area contributed by atoms with E-state index in [1.165, 1.54) is 16.9 Å². The third kappa shape index (κ3) is 1.81. The Morgan fingerprint density at radius 2 is 2.43 bits per heavy atom. The molecule has 76 valence electrons. The van der Waals surface area contributed by atoms with Crippen LogP contribution in [0, 0.1) is 0 Å². The van der Waals surface area contributed by atoms with E-state index < -0.39 is 0 Å². The number of rotatable bonds is 3. The van der Waals surface area contributed by atoms with Crippen molar-refractivity contribution in [1.29, 1.82) is 0 Å². The fourth-order valence-corrected chi connectivity index (χ4v) is 3.13. The first-order valence-electron chi connectivity index (χ1n) is 4.65. The molecule has 1 fully saturated rings. The van der Waals surface area contributed by atoms with Crippen LogP contribution in [0.25, 0.3) is 0 Å². The number of esters is 1. The Kier molecular flexibility index (Phi) is 3.13. The second kappa shape index (κ2) is 4.36. The van der Waals surface area contributed by atoms with E-state index in [1.54, 1.807) is 0 Å². The number of carbonyl (C=O) groups is 1. The molecule has 0 saturated carbocycles. The number of thioether (sulfide) groups is 1. The zero-order chi connectivity index (χ0) is 9.97. The molecule has 0 bridgehead atoms. The van der Waals surface area contributed by atoms with Gasteiger partial charge in [0.2, 0.25) is 0 Å². The van der Waals surface area contributed by atoms with Crippen molar-refractivity contribution in [1.82, 2.24) is 0 Å². The number of hydrogen-bond acceptors (Lipinski definition) is 4. The van der Waals surface area contributed by atoms with Gasteiger partial charge in [-0.3, -0.25) is 0 Å². The van der Waals surface area contributed by atoms with Crippen molar-refractivity contribution in [3.05, 3.63) is 21.9 Å². The molecule has 1 aromatic heterocycles. The molecule has 4 heteroatoms. The summed E-state index contributed by atoms with van der Waals surface area (Å²) in [5.41, 5.74) is 1.19. The van der Waals surface area contributed by atoms with Gasteiger partial charge in [0.1, 0.15) is 4.88 Å². The van der Waals surface area contributed by atoms with E-state index in [0.29, 0.717) is 12.5 Å². The molecule has 14 heavy (non-hydrogen) atoms. The third-order valence-electron chi connectivity index (χ3n) is 2.23. The minimum Gasteiger partial charge on any atom is -0.462 e. The van der Waals surface area contributed by atoms with E-state index in [4.69, 9.17) is 4.74 Å².